The summed E-state index contributed by atoms with van der Waals surface area (Å²) >= 11 is 0. The van der Waals surface area contributed by atoms with Crippen molar-refractivity contribution in [2.75, 3.05) is 39.3 Å². The Morgan fingerprint density at radius 1 is 1.03 bits per heavy atom. The van der Waals surface area contributed by atoms with E-state index in [2.05, 4.69) is 47.8 Å². The predicted molar refractivity (Wildman–Crippen MR) is 114 cm³/mol. The van der Waals surface area contributed by atoms with Gasteiger partial charge in [0.25, 0.3) is 5.91 Å². The second-order valence-electron chi connectivity index (χ2n) is 7.55. The minimum Gasteiger partial charge on any atom is -0.494 e. The smallest absolute Gasteiger partial charge is 0.295 e. The van der Waals surface area contributed by atoms with Gasteiger partial charge in [0.05, 0.1) is 12.8 Å². The Bertz CT molecular complexity index is 769. The fraction of sp³-hybridized carbons (Fsp3) is 0.391. The largest absolute Gasteiger partial charge is 0.494 e. The van der Waals surface area contributed by atoms with E-state index in [-0.39, 0.29) is 5.91 Å². The molecular weight excluding hydrogens is 364 g/mol. The van der Waals surface area contributed by atoms with Crippen LogP contribution in [0.4, 0.5) is 0 Å². The molecular formula is C23H32N4O2+2. The van der Waals surface area contributed by atoms with E-state index in [1.807, 2.05) is 24.3 Å². The van der Waals surface area contributed by atoms with Crippen LogP contribution in [0.15, 0.2) is 59.7 Å². The fourth-order valence-electron chi connectivity index (χ4n) is 3.51. The van der Waals surface area contributed by atoms with Gasteiger partial charge in [-0.15, -0.1) is 0 Å². The Balaban J connectivity index is 1.35. The van der Waals surface area contributed by atoms with Crippen LogP contribution in [0.25, 0.3) is 0 Å². The van der Waals surface area contributed by atoms with E-state index >= 15 is 0 Å². The van der Waals surface area contributed by atoms with Crippen LogP contribution in [-0.2, 0) is 11.3 Å². The van der Waals surface area contributed by atoms with Gasteiger partial charge in [0.1, 0.15) is 38.5 Å². The molecule has 1 fully saturated rings. The quantitative estimate of drug-likeness (QED) is 0.410. The number of hydrogen-bond acceptors (Lipinski definition) is 3. The molecule has 1 amide bonds. The highest BCUT2D eigenvalue weighted by molar-refractivity contribution is 5.82. The predicted octanol–water partition coefficient (Wildman–Crippen LogP) is -0.0909. The van der Waals surface area contributed by atoms with Gasteiger partial charge < -0.3 is 14.5 Å². The summed E-state index contributed by atoms with van der Waals surface area (Å²) in [6.07, 6.45) is 2.65. The van der Waals surface area contributed by atoms with E-state index in [1.54, 1.807) is 11.1 Å². The third-order valence-electron chi connectivity index (χ3n) is 5.13. The molecule has 0 aliphatic carbocycles. The van der Waals surface area contributed by atoms with Crippen molar-refractivity contribution in [3.8, 4) is 5.75 Å². The number of rotatable bonds is 9. The highest BCUT2D eigenvalue weighted by atomic mass is 16.5. The lowest BCUT2D eigenvalue weighted by atomic mass is 10.2. The molecule has 6 nitrogen and oxygen atoms in total. The van der Waals surface area contributed by atoms with E-state index in [1.165, 1.54) is 10.5 Å². The number of carbonyl (C=O) groups is 1. The maximum Gasteiger partial charge on any atom is 0.295 e. The van der Waals surface area contributed by atoms with Crippen LogP contribution in [0.5, 0.6) is 5.75 Å². The lowest BCUT2D eigenvalue weighted by Crippen LogP contribution is -3.28. The number of hydrogen-bond donors (Lipinski definition) is 3. The second kappa shape index (κ2) is 11.3. The molecule has 154 valence electrons. The van der Waals surface area contributed by atoms with Crippen LogP contribution in [0.2, 0.25) is 0 Å². The third-order valence-corrected chi connectivity index (χ3v) is 5.13. The molecule has 3 rings (SSSR count). The SMILES string of the molecule is CCCOc1ccc(/C=N\NC(=O)C[NH+]2CC[NH+](Cc3ccccc3)CC2)cc1. The van der Waals surface area contributed by atoms with Crippen molar-refractivity contribution < 1.29 is 19.3 Å². The molecule has 29 heavy (non-hydrogen) atoms. The van der Waals surface area contributed by atoms with E-state index < -0.39 is 0 Å². The van der Waals surface area contributed by atoms with Gasteiger partial charge in [0.2, 0.25) is 0 Å². The van der Waals surface area contributed by atoms with Crippen LogP contribution in [-0.4, -0.2) is 51.5 Å². The first kappa shape index (κ1) is 21.0. The summed E-state index contributed by atoms with van der Waals surface area (Å²) in [7, 11) is 0. The first-order valence-corrected chi connectivity index (χ1v) is 10.5. The molecule has 1 heterocycles. The molecule has 0 saturated carbocycles. The molecule has 0 radical (unpaired) electrons. The minimum atomic E-state index is -0.0364. The Labute approximate surface area is 173 Å². The molecule has 1 saturated heterocycles. The van der Waals surface area contributed by atoms with Crippen molar-refractivity contribution in [3.05, 3.63) is 65.7 Å². The zero-order chi connectivity index (χ0) is 20.3. The second-order valence-corrected chi connectivity index (χ2v) is 7.55. The first-order valence-electron chi connectivity index (χ1n) is 10.5. The lowest BCUT2D eigenvalue weighted by molar-refractivity contribution is -1.02. The first-order chi connectivity index (χ1) is 14.2. The number of ether oxygens (including phenoxy) is 1. The molecule has 0 spiro atoms. The van der Waals surface area contributed by atoms with Crippen LogP contribution in [0.1, 0.15) is 24.5 Å². The number of benzene rings is 2. The van der Waals surface area contributed by atoms with Crippen LogP contribution >= 0.6 is 0 Å². The Kier molecular flexibility index (Phi) is 8.22. The monoisotopic (exact) mass is 396 g/mol. The molecule has 1 aliphatic heterocycles. The highest BCUT2D eigenvalue weighted by Gasteiger charge is 2.24. The summed E-state index contributed by atoms with van der Waals surface area (Å²) in [4.78, 5) is 15.1. The molecule has 3 N–H and O–H groups in total. The summed E-state index contributed by atoms with van der Waals surface area (Å²) in [5, 5.41) is 4.09. The summed E-state index contributed by atoms with van der Waals surface area (Å²) in [6, 6.07) is 18.3. The molecule has 0 atom stereocenters. The highest BCUT2D eigenvalue weighted by Crippen LogP contribution is 2.11. The fourth-order valence-corrected chi connectivity index (χ4v) is 3.51. The lowest BCUT2D eigenvalue weighted by Gasteiger charge is -2.29. The molecule has 1 aliphatic rings. The standard InChI is InChI=1S/C23H30N4O2/c1-2-16-29-22-10-8-20(9-11-22)17-24-25-23(28)19-27-14-12-26(13-15-27)18-21-6-4-3-5-7-21/h3-11,17H,2,12-16,18-19H2,1H3,(H,25,28)/p+2/b24-17-. The van der Waals surface area contributed by atoms with Gasteiger partial charge in [0, 0.05) is 5.56 Å². The summed E-state index contributed by atoms with van der Waals surface area (Å²) in [5.74, 6) is 0.816. The third kappa shape index (κ3) is 7.33. The van der Waals surface area contributed by atoms with Crippen molar-refractivity contribution in [2.45, 2.75) is 19.9 Å². The molecule has 2 aromatic rings. The number of amides is 1. The molecule has 2 aromatic carbocycles. The van der Waals surface area contributed by atoms with Gasteiger partial charge in [-0.25, -0.2) is 5.43 Å². The average Bonchev–Trinajstić information content (AvgIpc) is 2.75. The van der Waals surface area contributed by atoms with E-state index in [4.69, 9.17) is 4.74 Å². The Hall–Kier alpha value is -2.70. The molecule has 0 aromatic heterocycles. The van der Waals surface area contributed by atoms with Crippen LogP contribution in [0, 0.1) is 0 Å². The van der Waals surface area contributed by atoms with Crippen molar-refractivity contribution in [2.24, 2.45) is 5.10 Å². The maximum absolute atomic E-state index is 12.2. The summed E-state index contributed by atoms with van der Waals surface area (Å²) < 4.78 is 5.56. The van der Waals surface area contributed by atoms with Gasteiger partial charge in [-0.05, 0) is 36.2 Å². The summed E-state index contributed by atoms with van der Waals surface area (Å²) in [6.45, 7) is 8.54. The van der Waals surface area contributed by atoms with Crippen molar-refractivity contribution in [1.82, 2.24) is 5.43 Å². The number of nitrogens with zero attached hydrogens (tertiary/aromatic N) is 1. The average molecular weight is 397 g/mol. The topological polar surface area (TPSA) is 59.6 Å². The molecule has 0 unspecified atom stereocenters. The van der Waals surface area contributed by atoms with Gasteiger partial charge in [-0.3, -0.25) is 4.79 Å². The maximum atomic E-state index is 12.2. The number of piperazine rings is 1. The van der Waals surface area contributed by atoms with Crippen LogP contribution < -0.4 is 20.0 Å². The number of hydrazone groups is 1. The van der Waals surface area contributed by atoms with Crippen molar-refractivity contribution in [1.29, 1.82) is 0 Å². The minimum absolute atomic E-state index is 0.0364. The van der Waals surface area contributed by atoms with Gasteiger partial charge in [-0.2, -0.15) is 5.10 Å². The zero-order valence-electron chi connectivity index (χ0n) is 17.2. The molecule has 0 bridgehead atoms. The Morgan fingerprint density at radius 2 is 1.72 bits per heavy atom. The molecule has 6 heteroatoms. The number of nitrogens with one attached hydrogen (secondary N) is 3. The summed E-state index contributed by atoms with van der Waals surface area (Å²) in [5.41, 5.74) is 4.96. The van der Waals surface area contributed by atoms with E-state index in [9.17, 15) is 4.79 Å². The number of carbonyl (C=O) groups excluding carboxylic acids is 1. The van der Waals surface area contributed by atoms with Crippen molar-refractivity contribution in [3.63, 3.8) is 0 Å². The van der Waals surface area contributed by atoms with E-state index in [0.717, 1.165) is 50.5 Å². The normalized spacial score (nSPS) is 19.2. The van der Waals surface area contributed by atoms with Gasteiger partial charge in [-0.1, -0.05) is 37.3 Å². The van der Waals surface area contributed by atoms with Crippen molar-refractivity contribution >= 4 is 12.1 Å². The Morgan fingerprint density at radius 3 is 2.41 bits per heavy atom. The van der Waals surface area contributed by atoms with Crippen LogP contribution in [0.3, 0.4) is 0 Å². The zero-order valence-corrected chi connectivity index (χ0v) is 17.2. The van der Waals surface area contributed by atoms with Gasteiger partial charge >= 0.3 is 0 Å². The van der Waals surface area contributed by atoms with Gasteiger partial charge in [0.15, 0.2) is 6.54 Å². The van der Waals surface area contributed by atoms with E-state index in [0.29, 0.717) is 13.2 Å². The number of quaternary nitrogens is 2.